The van der Waals surface area contributed by atoms with Gasteiger partial charge in [-0.05, 0) is 44.0 Å². The van der Waals surface area contributed by atoms with Gasteiger partial charge in [0.15, 0.2) is 0 Å². The number of rotatable bonds is 6. The summed E-state index contributed by atoms with van der Waals surface area (Å²) in [5, 5.41) is 3.05. The fourth-order valence-electron chi connectivity index (χ4n) is 2.60. The highest BCUT2D eigenvalue weighted by Crippen LogP contribution is 2.21. The van der Waals surface area contributed by atoms with Gasteiger partial charge in [0.05, 0.1) is 17.0 Å². The summed E-state index contributed by atoms with van der Waals surface area (Å²) in [4.78, 5) is 0.386. The van der Waals surface area contributed by atoms with Crippen LogP contribution in [-0.4, -0.2) is 34.2 Å². The van der Waals surface area contributed by atoms with Crippen molar-refractivity contribution in [1.82, 2.24) is 10.0 Å². The molecule has 2 rings (SSSR count). The van der Waals surface area contributed by atoms with Crippen molar-refractivity contribution in [2.75, 3.05) is 13.7 Å². The van der Waals surface area contributed by atoms with Gasteiger partial charge in [-0.25, -0.2) is 13.1 Å². The van der Waals surface area contributed by atoms with Gasteiger partial charge < -0.3 is 10.1 Å². The predicted octanol–water partition coefficient (Wildman–Crippen LogP) is 1.42. The number of hydrogen-bond donors (Lipinski definition) is 2. The fraction of sp³-hybridized carbons (Fsp3) is 0.600. The van der Waals surface area contributed by atoms with E-state index in [1.807, 2.05) is 33.0 Å². The summed E-state index contributed by atoms with van der Waals surface area (Å²) in [5.41, 5.74) is 1.81. The van der Waals surface area contributed by atoms with Crippen LogP contribution in [0.4, 0.5) is 0 Å². The van der Waals surface area contributed by atoms with Crippen LogP contribution in [0.5, 0.6) is 0 Å². The average Bonchev–Trinajstić information content (AvgIpc) is 2.84. The molecule has 1 aromatic carbocycles. The minimum absolute atomic E-state index is 0.0784. The Kier molecular flexibility index (Phi) is 5.37. The van der Waals surface area contributed by atoms with Gasteiger partial charge in [0.25, 0.3) is 0 Å². The molecule has 0 spiro atoms. The van der Waals surface area contributed by atoms with Crippen LogP contribution in [0, 0.1) is 0 Å². The Hall–Kier alpha value is -0.950. The first kappa shape index (κ1) is 16.4. The Bertz CT molecular complexity index is 587. The Morgan fingerprint density at radius 1 is 1.38 bits per heavy atom. The molecule has 5 nitrogen and oxygen atoms in total. The van der Waals surface area contributed by atoms with E-state index >= 15 is 0 Å². The largest absolute Gasteiger partial charge is 0.377 e. The van der Waals surface area contributed by atoms with Crippen LogP contribution in [0.2, 0.25) is 0 Å². The molecule has 21 heavy (non-hydrogen) atoms. The number of aryl methyl sites for hydroxylation is 1. The van der Waals surface area contributed by atoms with Crippen LogP contribution in [0.3, 0.4) is 0 Å². The Balaban J connectivity index is 2.31. The first-order valence-electron chi connectivity index (χ1n) is 7.38. The monoisotopic (exact) mass is 312 g/mol. The van der Waals surface area contributed by atoms with Crippen molar-refractivity contribution in [2.24, 2.45) is 0 Å². The van der Waals surface area contributed by atoms with Gasteiger partial charge >= 0.3 is 0 Å². The lowest BCUT2D eigenvalue weighted by atomic mass is 10.1. The molecule has 0 amide bonds. The van der Waals surface area contributed by atoms with Crippen molar-refractivity contribution < 1.29 is 13.2 Å². The lowest BCUT2D eigenvalue weighted by molar-refractivity contribution is 0.117. The molecule has 0 radical (unpaired) electrons. The molecule has 1 fully saturated rings. The quantitative estimate of drug-likeness (QED) is 0.834. The predicted molar refractivity (Wildman–Crippen MR) is 82.7 cm³/mol. The molecule has 6 heteroatoms. The van der Waals surface area contributed by atoms with E-state index in [1.54, 1.807) is 6.07 Å². The van der Waals surface area contributed by atoms with Crippen molar-refractivity contribution in [3.8, 4) is 0 Å². The lowest BCUT2D eigenvalue weighted by Gasteiger charge is -2.18. The molecule has 0 aliphatic carbocycles. The van der Waals surface area contributed by atoms with E-state index in [4.69, 9.17) is 4.74 Å². The van der Waals surface area contributed by atoms with Crippen LogP contribution in [0.25, 0.3) is 0 Å². The summed E-state index contributed by atoms with van der Waals surface area (Å²) in [6.07, 6.45) is 1.33. The normalized spacial score (nSPS) is 22.6. The molecule has 0 aromatic heterocycles. The van der Waals surface area contributed by atoms with Gasteiger partial charge in [0, 0.05) is 13.2 Å². The van der Waals surface area contributed by atoms with Crippen molar-refractivity contribution >= 4 is 10.0 Å². The van der Waals surface area contributed by atoms with Crippen LogP contribution in [0.15, 0.2) is 23.1 Å². The molecule has 1 aliphatic heterocycles. The van der Waals surface area contributed by atoms with Gasteiger partial charge in [-0.15, -0.1) is 0 Å². The SMILES string of the molecule is CCc1ccc(CNC)cc1S(=O)(=O)NC1CCOC1C. The highest BCUT2D eigenvalue weighted by atomic mass is 32.2. The highest BCUT2D eigenvalue weighted by Gasteiger charge is 2.30. The molecule has 0 bridgehead atoms. The maximum absolute atomic E-state index is 12.7. The minimum Gasteiger partial charge on any atom is -0.377 e. The van der Waals surface area contributed by atoms with Gasteiger partial charge in [0.1, 0.15) is 0 Å². The molecule has 2 atom stereocenters. The molecular formula is C15H24N2O3S. The summed E-state index contributed by atoms with van der Waals surface area (Å²) in [6.45, 7) is 5.12. The Morgan fingerprint density at radius 3 is 2.71 bits per heavy atom. The van der Waals surface area contributed by atoms with E-state index in [0.29, 0.717) is 24.5 Å². The van der Waals surface area contributed by atoms with Gasteiger partial charge in [0.2, 0.25) is 10.0 Å². The van der Waals surface area contributed by atoms with E-state index in [-0.39, 0.29) is 12.1 Å². The zero-order valence-electron chi connectivity index (χ0n) is 12.8. The second-order valence-electron chi connectivity index (χ2n) is 5.42. The summed E-state index contributed by atoms with van der Waals surface area (Å²) in [5.74, 6) is 0. The molecule has 1 aliphatic rings. The standard InChI is InChI=1S/C15H24N2O3S/c1-4-13-6-5-12(10-16-3)9-15(13)21(18,19)17-14-7-8-20-11(14)2/h5-6,9,11,14,16-17H,4,7-8,10H2,1-3H3. The maximum atomic E-state index is 12.7. The molecule has 1 heterocycles. The smallest absolute Gasteiger partial charge is 0.241 e. The molecule has 118 valence electrons. The van der Waals surface area contributed by atoms with Crippen LogP contribution >= 0.6 is 0 Å². The third-order valence-corrected chi connectivity index (χ3v) is 5.44. The number of ether oxygens (including phenoxy) is 1. The van der Waals surface area contributed by atoms with Crippen molar-refractivity contribution in [1.29, 1.82) is 0 Å². The van der Waals surface area contributed by atoms with E-state index in [2.05, 4.69) is 10.0 Å². The van der Waals surface area contributed by atoms with Crippen LogP contribution in [0.1, 0.15) is 31.4 Å². The second-order valence-corrected chi connectivity index (χ2v) is 7.10. The first-order valence-corrected chi connectivity index (χ1v) is 8.86. The zero-order valence-corrected chi connectivity index (χ0v) is 13.7. The highest BCUT2D eigenvalue weighted by molar-refractivity contribution is 7.89. The molecule has 2 unspecified atom stereocenters. The van der Waals surface area contributed by atoms with Crippen molar-refractivity contribution in [3.63, 3.8) is 0 Å². The Labute approximate surface area is 127 Å². The summed E-state index contributed by atoms with van der Waals surface area (Å²) in [6, 6.07) is 5.48. The third-order valence-electron chi connectivity index (χ3n) is 3.87. The van der Waals surface area contributed by atoms with Crippen molar-refractivity contribution in [2.45, 2.75) is 50.3 Å². The number of benzene rings is 1. The van der Waals surface area contributed by atoms with E-state index < -0.39 is 10.0 Å². The lowest BCUT2D eigenvalue weighted by Crippen LogP contribution is -2.39. The van der Waals surface area contributed by atoms with Crippen LogP contribution < -0.4 is 10.0 Å². The maximum Gasteiger partial charge on any atom is 0.241 e. The molecule has 2 N–H and O–H groups in total. The molecule has 0 saturated carbocycles. The number of nitrogens with one attached hydrogen (secondary N) is 2. The van der Waals surface area contributed by atoms with E-state index in [9.17, 15) is 8.42 Å². The van der Waals surface area contributed by atoms with Gasteiger partial charge in [-0.3, -0.25) is 0 Å². The van der Waals surface area contributed by atoms with Gasteiger partial charge in [-0.1, -0.05) is 19.1 Å². The summed E-state index contributed by atoms with van der Waals surface area (Å²) < 4.78 is 33.6. The molecule has 1 aromatic rings. The fourth-order valence-corrected chi connectivity index (χ4v) is 4.30. The number of hydrogen-bond acceptors (Lipinski definition) is 4. The molecular weight excluding hydrogens is 288 g/mol. The molecule has 1 saturated heterocycles. The third kappa shape index (κ3) is 3.83. The summed E-state index contributed by atoms with van der Waals surface area (Å²) in [7, 11) is -1.67. The number of sulfonamides is 1. The van der Waals surface area contributed by atoms with Crippen LogP contribution in [-0.2, 0) is 27.7 Å². The second kappa shape index (κ2) is 6.87. The first-order chi connectivity index (χ1) is 9.97. The van der Waals surface area contributed by atoms with Crippen molar-refractivity contribution in [3.05, 3.63) is 29.3 Å². The van der Waals surface area contributed by atoms with E-state index in [1.165, 1.54) is 0 Å². The van der Waals surface area contributed by atoms with E-state index in [0.717, 1.165) is 17.5 Å². The zero-order chi connectivity index (χ0) is 15.5. The Morgan fingerprint density at radius 2 is 2.14 bits per heavy atom. The topological polar surface area (TPSA) is 67.4 Å². The average molecular weight is 312 g/mol. The van der Waals surface area contributed by atoms with Gasteiger partial charge in [-0.2, -0.15) is 0 Å². The summed E-state index contributed by atoms with van der Waals surface area (Å²) >= 11 is 0. The minimum atomic E-state index is -3.52.